The van der Waals surface area contributed by atoms with E-state index < -0.39 is 12.4 Å². The Bertz CT molecular complexity index is 1760. The smallest absolute Gasteiger partial charge is 0.497 e. The van der Waals surface area contributed by atoms with E-state index in [1.165, 1.54) is 51.9 Å². The summed E-state index contributed by atoms with van der Waals surface area (Å²) >= 11 is 1.23. The molecule has 1 aliphatic rings. The van der Waals surface area contributed by atoms with Crippen molar-refractivity contribution >= 4 is 34.6 Å². The van der Waals surface area contributed by atoms with E-state index in [-0.39, 0.29) is 29.2 Å². The highest BCUT2D eigenvalue weighted by Gasteiger charge is 2.33. The first-order chi connectivity index (χ1) is 22.4. The van der Waals surface area contributed by atoms with Gasteiger partial charge in [0.2, 0.25) is 5.91 Å². The molecule has 0 spiro atoms. The van der Waals surface area contributed by atoms with Crippen molar-refractivity contribution in [3.63, 3.8) is 0 Å². The van der Waals surface area contributed by atoms with E-state index >= 15 is 0 Å². The first-order valence-electron chi connectivity index (χ1n) is 14.8. The minimum Gasteiger partial charge on any atom is -0.497 e. The topological polar surface area (TPSA) is 111 Å². The summed E-state index contributed by atoms with van der Waals surface area (Å²) in [6.45, 7) is 6.47. The number of anilines is 1. The average Bonchev–Trinajstić information content (AvgIpc) is 3.66. The van der Waals surface area contributed by atoms with E-state index in [1.807, 2.05) is 57.2 Å². The summed E-state index contributed by atoms with van der Waals surface area (Å²) in [5.41, 5.74) is 3.96. The lowest BCUT2D eigenvalue weighted by atomic mass is 10.00. The van der Waals surface area contributed by atoms with Crippen LogP contribution in [0.3, 0.4) is 0 Å². The molecule has 14 heteroatoms. The average molecular weight is 667 g/mol. The van der Waals surface area contributed by atoms with Gasteiger partial charge >= 0.3 is 12.4 Å². The summed E-state index contributed by atoms with van der Waals surface area (Å²) in [5, 5.41) is 7.62. The summed E-state index contributed by atoms with van der Waals surface area (Å²) in [5.74, 6) is 1.02. The number of hydrogen-bond acceptors (Lipinski definition) is 7. The number of halogens is 3. The van der Waals surface area contributed by atoms with Gasteiger partial charge in [-0.2, -0.15) is 4.99 Å². The van der Waals surface area contributed by atoms with Crippen molar-refractivity contribution in [1.29, 1.82) is 0 Å². The van der Waals surface area contributed by atoms with Gasteiger partial charge in [0.1, 0.15) is 17.8 Å². The number of nitrogens with one attached hydrogen (secondary N) is 1. The molecule has 246 valence electrons. The lowest BCUT2D eigenvalue weighted by molar-refractivity contribution is -0.274. The molecule has 3 amide bonds. The normalized spacial score (nSPS) is 14.9. The Labute approximate surface area is 274 Å². The summed E-state index contributed by atoms with van der Waals surface area (Å²) in [6, 6.07) is 18.1. The number of methoxy groups -OCH3 is 1. The molecule has 1 fully saturated rings. The van der Waals surface area contributed by atoms with Gasteiger partial charge in [0.15, 0.2) is 11.0 Å². The Kier molecular flexibility index (Phi) is 10.2. The Morgan fingerprint density at radius 2 is 1.74 bits per heavy atom. The molecule has 1 atom stereocenters. The Morgan fingerprint density at radius 1 is 1.04 bits per heavy atom. The number of urea groups is 1. The quantitative estimate of drug-likeness (QED) is 0.194. The van der Waals surface area contributed by atoms with Crippen molar-refractivity contribution in [1.82, 2.24) is 20.1 Å². The third-order valence-corrected chi connectivity index (χ3v) is 8.21. The standard InChI is InChI=1S/C33H33F3N6O4S/c1-20(2)27-14-13-26(45-4)16-28(27)42-29(43)18-47-32(42)39-31(44)37-17-21(3)15-22-5-7-23(8-6-22)30-38-19-41(40-30)24-9-11-25(12-10-24)46-33(34,35)36/h5-14,16,19-21H,15,17-18H2,1-4H3,(H,37,44)/b39-32-. The van der Waals surface area contributed by atoms with Gasteiger partial charge in [-0.1, -0.05) is 62.9 Å². The monoisotopic (exact) mass is 666 g/mol. The first-order valence-corrected chi connectivity index (χ1v) is 15.8. The van der Waals surface area contributed by atoms with Crippen LogP contribution in [0.2, 0.25) is 0 Å². The largest absolute Gasteiger partial charge is 0.573 e. The van der Waals surface area contributed by atoms with Gasteiger partial charge in [0.05, 0.1) is 24.2 Å². The van der Waals surface area contributed by atoms with Crippen LogP contribution in [0.4, 0.5) is 23.7 Å². The van der Waals surface area contributed by atoms with Gasteiger partial charge in [-0.25, -0.2) is 14.5 Å². The fourth-order valence-electron chi connectivity index (χ4n) is 4.99. The second kappa shape index (κ2) is 14.3. The molecule has 1 aliphatic heterocycles. The third kappa shape index (κ3) is 8.50. The van der Waals surface area contributed by atoms with Gasteiger partial charge in [-0.15, -0.1) is 18.3 Å². The predicted octanol–water partition coefficient (Wildman–Crippen LogP) is 6.99. The van der Waals surface area contributed by atoms with Crippen molar-refractivity contribution in [2.75, 3.05) is 24.3 Å². The molecule has 3 aromatic carbocycles. The van der Waals surface area contributed by atoms with Crippen LogP contribution in [0.15, 0.2) is 78.0 Å². The first kappa shape index (κ1) is 33.5. The van der Waals surface area contributed by atoms with E-state index in [0.29, 0.717) is 41.1 Å². The number of nitrogens with zero attached hydrogens (tertiary/aromatic N) is 5. The number of amides is 3. The van der Waals surface area contributed by atoms with Crippen molar-refractivity contribution in [2.45, 2.75) is 39.5 Å². The van der Waals surface area contributed by atoms with Crippen molar-refractivity contribution in [2.24, 2.45) is 10.9 Å². The maximum atomic E-state index is 12.8. The third-order valence-electron chi connectivity index (χ3n) is 7.29. The highest BCUT2D eigenvalue weighted by atomic mass is 32.2. The van der Waals surface area contributed by atoms with Gasteiger partial charge in [-0.3, -0.25) is 9.69 Å². The maximum absolute atomic E-state index is 12.8. The predicted molar refractivity (Wildman–Crippen MR) is 174 cm³/mol. The molecule has 0 radical (unpaired) electrons. The van der Waals surface area contributed by atoms with Crippen LogP contribution in [-0.4, -0.2) is 57.6 Å². The number of ether oxygens (including phenoxy) is 2. The number of hydrogen-bond donors (Lipinski definition) is 1. The molecule has 0 aliphatic carbocycles. The van der Waals surface area contributed by atoms with E-state index in [0.717, 1.165) is 16.7 Å². The lowest BCUT2D eigenvalue weighted by Crippen LogP contribution is -2.33. The van der Waals surface area contributed by atoms with Crippen molar-refractivity contribution in [3.05, 3.63) is 84.2 Å². The molecule has 47 heavy (non-hydrogen) atoms. The van der Waals surface area contributed by atoms with E-state index in [2.05, 4.69) is 25.1 Å². The number of amidine groups is 1. The number of carbonyl (C=O) groups excluding carboxylic acids is 2. The second-order valence-electron chi connectivity index (χ2n) is 11.2. The molecular formula is C33H33F3N6O4S. The van der Waals surface area contributed by atoms with Gasteiger partial charge in [-0.05, 0) is 59.7 Å². The number of benzene rings is 3. The molecule has 4 aromatic rings. The molecule has 2 heterocycles. The van der Waals surface area contributed by atoms with Gasteiger partial charge in [0, 0.05) is 18.2 Å². The number of alkyl halides is 3. The number of carbonyl (C=O) groups is 2. The molecule has 1 saturated heterocycles. The molecule has 0 saturated carbocycles. The fraction of sp³-hybridized carbons (Fsp3) is 0.303. The number of rotatable bonds is 10. The highest BCUT2D eigenvalue weighted by Crippen LogP contribution is 2.36. The molecule has 1 unspecified atom stereocenters. The van der Waals surface area contributed by atoms with Gasteiger partial charge < -0.3 is 14.8 Å². The van der Waals surface area contributed by atoms with E-state index in [1.54, 1.807) is 13.2 Å². The Hall–Kier alpha value is -4.85. The minimum absolute atomic E-state index is 0.0894. The summed E-state index contributed by atoms with van der Waals surface area (Å²) in [6.07, 6.45) is -2.59. The summed E-state index contributed by atoms with van der Waals surface area (Å²) in [7, 11) is 1.56. The number of thioether (sulfide) groups is 1. The fourth-order valence-corrected chi connectivity index (χ4v) is 5.85. The maximum Gasteiger partial charge on any atom is 0.573 e. The van der Waals surface area contributed by atoms with Crippen LogP contribution < -0.4 is 19.7 Å². The van der Waals surface area contributed by atoms with Crippen LogP contribution in [0, 0.1) is 5.92 Å². The SMILES string of the molecule is COc1ccc(C(C)C)c(N2C(=O)CS/C2=N\C(=O)NCC(C)Cc2ccc(-c3ncn(-c4ccc(OC(F)(F)F)cc4)n3)cc2)c1. The van der Waals surface area contributed by atoms with Crippen LogP contribution in [0.5, 0.6) is 11.5 Å². The lowest BCUT2D eigenvalue weighted by Gasteiger charge is -2.22. The van der Waals surface area contributed by atoms with Crippen LogP contribution >= 0.6 is 11.8 Å². The molecule has 0 bridgehead atoms. The van der Waals surface area contributed by atoms with Gasteiger partial charge in [0.25, 0.3) is 0 Å². The highest BCUT2D eigenvalue weighted by molar-refractivity contribution is 8.15. The molecule has 1 aromatic heterocycles. The van der Waals surface area contributed by atoms with Crippen LogP contribution in [0.1, 0.15) is 37.8 Å². The molecule has 5 rings (SSSR count). The number of aliphatic imine (C=N–C) groups is 1. The minimum atomic E-state index is -4.76. The Balaban J connectivity index is 1.17. The second-order valence-corrected chi connectivity index (χ2v) is 12.2. The van der Waals surface area contributed by atoms with Crippen molar-refractivity contribution < 1.29 is 32.2 Å². The summed E-state index contributed by atoms with van der Waals surface area (Å²) < 4.78 is 48.0. The van der Waals surface area contributed by atoms with Crippen LogP contribution in [0.25, 0.3) is 17.1 Å². The van der Waals surface area contributed by atoms with Crippen molar-refractivity contribution in [3.8, 4) is 28.6 Å². The molecule has 1 N–H and O–H groups in total. The Morgan fingerprint density at radius 3 is 2.40 bits per heavy atom. The van der Waals surface area contributed by atoms with E-state index in [9.17, 15) is 22.8 Å². The zero-order chi connectivity index (χ0) is 33.7. The zero-order valence-corrected chi connectivity index (χ0v) is 26.9. The number of aromatic nitrogens is 3. The summed E-state index contributed by atoms with van der Waals surface area (Å²) in [4.78, 5) is 35.7. The molecular weight excluding hydrogens is 633 g/mol. The van der Waals surface area contributed by atoms with E-state index in [4.69, 9.17) is 4.74 Å². The van der Waals surface area contributed by atoms with Crippen LogP contribution in [-0.2, 0) is 11.2 Å². The zero-order valence-electron chi connectivity index (χ0n) is 26.1. The molecule has 10 nitrogen and oxygen atoms in total.